The second kappa shape index (κ2) is 11.5. The summed E-state index contributed by atoms with van der Waals surface area (Å²) in [5.74, 6) is -0.523. The van der Waals surface area contributed by atoms with Gasteiger partial charge >= 0.3 is 0 Å². The molecule has 0 spiro atoms. The van der Waals surface area contributed by atoms with Crippen LogP contribution in [-0.4, -0.2) is 55.9 Å². The Bertz CT molecular complexity index is 1400. The molecule has 2 aromatic heterocycles. The number of rotatable bonds is 9. The van der Waals surface area contributed by atoms with E-state index in [0.717, 1.165) is 16.9 Å². The molecular weight excluding hydrogens is 514 g/mol. The van der Waals surface area contributed by atoms with E-state index in [2.05, 4.69) is 25.5 Å². The summed E-state index contributed by atoms with van der Waals surface area (Å²) >= 11 is -1.15. The molecule has 3 N–H and O–H groups in total. The Hall–Kier alpha value is -3.45. The fourth-order valence-electron chi connectivity index (χ4n) is 3.95. The Morgan fingerprint density at radius 1 is 1.18 bits per heavy atom. The van der Waals surface area contributed by atoms with Crippen molar-refractivity contribution >= 4 is 17.0 Å². The summed E-state index contributed by atoms with van der Waals surface area (Å²) < 4.78 is 51.2. The van der Waals surface area contributed by atoms with E-state index < -0.39 is 23.7 Å². The standard InChI is InChI=1S/C26H26F2N6O3S/c1-15(11-27)30-12-16-2-7-20(21(28)10-16)25-33-34-26(37-25)23-24(29)31-13-22(32-23)17-3-5-18(6-4-17)38(35)19-8-9-36-14-19/h2-7,10,13,15,19,30H,8-9,11-12,14H2,1H3,(H2,29,31). The van der Waals surface area contributed by atoms with Crippen molar-refractivity contribution in [1.82, 2.24) is 25.5 Å². The zero-order chi connectivity index (χ0) is 26.6. The normalized spacial score (nSPS) is 17.0. The smallest absolute Gasteiger partial charge is 0.270 e. The minimum Gasteiger partial charge on any atom is -0.611 e. The zero-order valence-corrected chi connectivity index (χ0v) is 21.4. The summed E-state index contributed by atoms with van der Waals surface area (Å²) in [6, 6.07) is 11.5. The van der Waals surface area contributed by atoms with Crippen LogP contribution in [0.2, 0.25) is 0 Å². The Kier molecular flexibility index (Phi) is 7.93. The van der Waals surface area contributed by atoms with Crippen LogP contribution in [0.1, 0.15) is 18.9 Å². The van der Waals surface area contributed by atoms with E-state index in [1.807, 2.05) is 12.1 Å². The second-order valence-electron chi connectivity index (χ2n) is 8.96. The molecule has 1 aliphatic rings. The molecule has 0 saturated carbocycles. The van der Waals surface area contributed by atoms with Gasteiger partial charge in [-0.3, -0.25) is 0 Å². The first-order valence-corrected chi connectivity index (χ1v) is 13.3. The average Bonchev–Trinajstić information content (AvgIpc) is 3.65. The number of hydrogen-bond acceptors (Lipinski definition) is 9. The largest absolute Gasteiger partial charge is 0.611 e. The van der Waals surface area contributed by atoms with Gasteiger partial charge in [0.2, 0.25) is 0 Å². The Morgan fingerprint density at radius 2 is 1.97 bits per heavy atom. The van der Waals surface area contributed by atoms with E-state index in [-0.39, 0.29) is 40.1 Å². The number of ether oxygens (including phenoxy) is 1. The highest BCUT2D eigenvalue weighted by atomic mass is 32.2. The van der Waals surface area contributed by atoms with E-state index >= 15 is 0 Å². The number of alkyl halides is 1. The molecule has 0 aliphatic carbocycles. The van der Waals surface area contributed by atoms with Crippen molar-refractivity contribution in [3.63, 3.8) is 0 Å². The summed E-state index contributed by atoms with van der Waals surface area (Å²) in [5, 5.41) is 10.9. The molecule has 4 aromatic rings. The summed E-state index contributed by atoms with van der Waals surface area (Å²) in [5.41, 5.74) is 8.21. The maximum absolute atomic E-state index is 14.8. The molecule has 1 saturated heterocycles. The molecule has 38 heavy (non-hydrogen) atoms. The maximum atomic E-state index is 14.8. The van der Waals surface area contributed by atoms with E-state index in [1.54, 1.807) is 25.1 Å². The molecular formula is C26H26F2N6O3S. The fourth-order valence-corrected chi connectivity index (χ4v) is 5.26. The first-order chi connectivity index (χ1) is 18.4. The third-order valence-corrected chi connectivity index (χ3v) is 7.87. The monoisotopic (exact) mass is 540 g/mol. The Balaban J connectivity index is 1.35. The van der Waals surface area contributed by atoms with Gasteiger partial charge in [-0.05, 0) is 60.1 Å². The number of nitrogen functional groups attached to an aromatic ring is 1. The average molecular weight is 541 g/mol. The molecule has 0 radical (unpaired) electrons. The van der Waals surface area contributed by atoms with Crippen LogP contribution in [0.5, 0.6) is 0 Å². The number of hydrogen-bond donors (Lipinski definition) is 2. The quantitative estimate of drug-likeness (QED) is 0.303. The number of nitrogens with two attached hydrogens (primary N) is 1. The molecule has 198 valence electrons. The lowest BCUT2D eigenvalue weighted by atomic mass is 10.1. The first-order valence-electron chi connectivity index (χ1n) is 12.1. The lowest BCUT2D eigenvalue weighted by Crippen LogP contribution is -2.27. The molecule has 3 atom stereocenters. The van der Waals surface area contributed by atoms with Crippen molar-refractivity contribution in [1.29, 1.82) is 0 Å². The molecule has 3 heterocycles. The fraction of sp³-hybridized carbons (Fsp3) is 0.308. The molecule has 1 aliphatic heterocycles. The second-order valence-corrected chi connectivity index (χ2v) is 10.7. The summed E-state index contributed by atoms with van der Waals surface area (Å²) in [6.45, 7) is 2.64. The number of benzene rings is 2. The first kappa shape index (κ1) is 26.2. The molecule has 2 aromatic carbocycles. The topological polar surface area (TPSA) is 135 Å². The Labute approximate surface area is 221 Å². The van der Waals surface area contributed by atoms with Crippen LogP contribution in [0.15, 0.2) is 58.0 Å². The summed E-state index contributed by atoms with van der Waals surface area (Å²) in [6.07, 6.45) is 2.29. The zero-order valence-electron chi connectivity index (χ0n) is 20.6. The predicted molar refractivity (Wildman–Crippen MR) is 138 cm³/mol. The SMILES string of the molecule is CC(CF)NCc1ccc(-c2nnc(-c3nc(-c4ccc([S+]([O-])C5CCOC5)cc4)cnc3N)o2)c(F)c1. The van der Waals surface area contributed by atoms with Crippen LogP contribution in [-0.2, 0) is 22.5 Å². The Morgan fingerprint density at radius 3 is 2.68 bits per heavy atom. The van der Waals surface area contributed by atoms with Gasteiger partial charge in [0.05, 0.1) is 30.7 Å². The predicted octanol–water partition coefficient (Wildman–Crippen LogP) is 3.93. The number of nitrogens with zero attached hydrogens (tertiary/aromatic N) is 4. The van der Waals surface area contributed by atoms with Gasteiger partial charge in [-0.2, -0.15) is 0 Å². The van der Waals surface area contributed by atoms with Crippen molar-refractivity contribution < 1.29 is 22.5 Å². The van der Waals surface area contributed by atoms with Crippen LogP contribution in [0.3, 0.4) is 0 Å². The lowest BCUT2D eigenvalue weighted by molar-refractivity contribution is 0.198. The third-order valence-electron chi connectivity index (χ3n) is 6.15. The van der Waals surface area contributed by atoms with E-state index in [9.17, 15) is 13.3 Å². The van der Waals surface area contributed by atoms with E-state index in [0.29, 0.717) is 31.0 Å². The minimum atomic E-state index is -1.15. The highest BCUT2D eigenvalue weighted by molar-refractivity contribution is 7.92. The number of halogens is 2. The van der Waals surface area contributed by atoms with Gasteiger partial charge in [0.1, 0.15) is 17.7 Å². The lowest BCUT2D eigenvalue weighted by Gasteiger charge is -2.15. The van der Waals surface area contributed by atoms with Gasteiger partial charge < -0.3 is 24.8 Å². The van der Waals surface area contributed by atoms with Crippen LogP contribution in [0.25, 0.3) is 34.3 Å². The van der Waals surface area contributed by atoms with Gasteiger partial charge in [-0.1, -0.05) is 6.07 Å². The van der Waals surface area contributed by atoms with Crippen molar-refractivity contribution in [2.24, 2.45) is 0 Å². The van der Waals surface area contributed by atoms with Crippen molar-refractivity contribution in [2.45, 2.75) is 36.1 Å². The van der Waals surface area contributed by atoms with Gasteiger partial charge in [-0.15, -0.1) is 10.2 Å². The highest BCUT2D eigenvalue weighted by Gasteiger charge is 2.29. The highest BCUT2D eigenvalue weighted by Crippen LogP contribution is 2.30. The minimum absolute atomic E-state index is 0.00161. The van der Waals surface area contributed by atoms with Gasteiger partial charge in [0, 0.05) is 24.6 Å². The molecule has 5 rings (SSSR count). The van der Waals surface area contributed by atoms with Crippen LogP contribution in [0, 0.1) is 5.82 Å². The number of nitrogens with one attached hydrogen (secondary N) is 1. The van der Waals surface area contributed by atoms with Crippen molar-refractivity contribution in [3.05, 3.63) is 60.0 Å². The molecule has 3 unspecified atom stereocenters. The number of anilines is 1. The maximum Gasteiger partial charge on any atom is 0.270 e. The van der Waals surface area contributed by atoms with Crippen LogP contribution in [0.4, 0.5) is 14.6 Å². The number of aromatic nitrogens is 4. The summed E-state index contributed by atoms with van der Waals surface area (Å²) in [7, 11) is 0. The van der Waals surface area contributed by atoms with Crippen LogP contribution >= 0.6 is 0 Å². The molecule has 9 nitrogen and oxygen atoms in total. The third kappa shape index (κ3) is 5.68. The van der Waals surface area contributed by atoms with Gasteiger partial charge in [0.25, 0.3) is 11.8 Å². The summed E-state index contributed by atoms with van der Waals surface area (Å²) in [4.78, 5) is 9.47. The molecule has 12 heteroatoms. The van der Waals surface area contributed by atoms with E-state index in [1.165, 1.54) is 18.3 Å². The van der Waals surface area contributed by atoms with Crippen molar-refractivity contribution in [2.75, 3.05) is 25.6 Å². The molecule has 1 fully saturated rings. The van der Waals surface area contributed by atoms with Gasteiger partial charge in [0.15, 0.2) is 16.4 Å². The van der Waals surface area contributed by atoms with Gasteiger partial charge in [-0.25, -0.2) is 18.7 Å². The molecule has 0 bridgehead atoms. The van der Waals surface area contributed by atoms with E-state index in [4.69, 9.17) is 14.9 Å². The molecule has 0 amide bonds. The van der Waals surface area contributed by atoms with Crippen LogP contribution < -0.4 is 11.1 Å². The van der Waals surface area contributed by atoms with Crippen molar-refractivity contribution in [3.8, 4) is 34.3 Å².